The van der Waals surface area contributed by atoms with Gasteiger partial charge in [-0.1, -0.05) is 0 Å². The van der Waals surface area contributed by atoms with E-state index in [1.807, 2.05) is 0 Å². The standard InChI is InChI=1S/C5H15N2.H3O4P/c1-7(2,3)5-4-6;1-5(2,3)4/h4-6H2,1-3H3;(H3,1,2,3,4)/q+1;/p-1. The van der Waals surface area contributed by atoms with Crippen LogP contribution in [0.1, 0.15) is 0 Å². The third-order valence-corrected chi connectivity index (χ3v) is 0.800. The average Bonchev–Trinajstić information content (AvgIpc) is 1.54. The Kier molecular flexibility index (Phi) is 6.83. The molecule has 0 aliphatic heterocycles. The van der Waals surface area contributed by atoms with Crippen LogP contribution in [-0.4, -0.2) is 48.5 Å². The topological polar surface area (TPSA) is 107 Å². The Morgan fingerprint density at radius 3 is 1.67 bits per heavy atom. The Morgan fingerprint density at radius 2 is 1.67 bits per heavy atom. The maximum absolute atomic E-state index is 8.77. The maximum atomic E-state index is 8.77. The zero-order valence-electron chi connectivity index (χ0n) is 7.60. The fourth-order valence-electron chi connectivity index (χ4n) is 0.387. The van der Waals surface area contributed by atoms with E-state index in [2.05, 4.69) is 21.1 Å². The molecule has 0 atom stereocenters. The quantitative estimate of drug-likeness (QED) is 0.356. The zero-order valence-corrected chi connectivity index (χ0v) is 8.49. The molecule has 0 aromatic carbocycles. The van der Waals surface area contributed by atoms with Crippen LogP contribution in [-0.2, 0) is 4.57 Å². The first-order chi connectivity index (χ1) is 5.06. The summed E-state index contributed by atoms with van der Waals surface area (Å²) in [6.07, 6.45) is 0. The van der Waals surface area contributed by atoms with Crippen LogP contribution >= 0.6 is 7.82 Å². The predicted octanol–water partition coefficient (Wildman–Crippen LogP) is -1.91. The zero-order chi connectivity index (χ0) is 10.4. The number of phosphoric acid groups is 1. The van der Waals surface area contributed by atoms with Gasteiger partial charge in [-0.05, 0) is 0 Å². The predicted molar refractivity (Wildman–Crippen MR) is 44.0 cm³/mol. The molecule has 0 bridgehead atoms. The van der Waals surface area contributed by atoms with E-state index in [4.69, 9.17) is 25.0 Å². The van der Waals surface area contributed by atoms with Gasteiger partial charge in [-0.25, -0.2) is 0 Å². The number of hydrogen-bond acceptors (Lipinski definition) is 3. The van der Waals surface area contributed by atoms with Crippen LogP contribution in [0.3, 0.4) is 0 Å². The van der Waals surface area contributed by atoms with E-state index in [9.17, 15) is 0 Å². The van der Waals surface area contributed by atoms with Crippen molar-refractivity contribution in [2.75, 3.05) is 34.2 Å². The molecule has 0 aromatic heterocycles. The van der Waals surface area contributed by atoms with Crippen molar-refractivity contribution >= 4 is 7.82 Å². The molecule has 0 heterocycles. The summed E-state index contributed by atoms with van der Waals surface area (Å²) in [6, 6.07) is 0. The van der Waals surface area contributed by atoms with Gasteiger partial charge in [0.05, 0.1) is 27.7 Å². The van der Waals surface area contributed by atoms with Crippen LogP contribution in [0.5, 0.6) is 0 Å². The van der Waals surface area contributed by atoms with E-state index in [0.29, 0.717) is 0 Å². The minimum atomic E-state index is -4.89. The van der Waals surface area contributed by atoms with Crippen molar-refractivity contribution in [3.8, 4) is 0 Å². The first-order valence-corrected chi connectivity index (χ1v) is 4.86. The molecule has 0 saturated heterocycles. The van der Waals surface area contributed by atoms with Gasteiger partial charge in [-0.2, -0.15) is 0 Å². The second-order valence-corrected chi connectivity index (χ2v) is 4.27. The van der Waals surface area contributed by atoms with Crippen LogP contribution in [0.4, 0.5) is 0 Å². The minimum absolute atomic E-state index is 0.781. The van der Waals surface area contributed by atoms with Crippen LogP contribution < -0.4 is 10.6 Å². The van der Waals surface area contributed by atoms with Gasteiger partial charge in [0.2, 0.25) is 0 Å². The van der Waals surface area contributed by atoms with Crippen molar-refractivity contribution in [3.05, 3.63) is 0 Å². The van der Waals surface area contributed by atoms with Crippen molar-refractivity contribution in [3.63, 3.8) is 0 Å². The van der Waals surface area contributed by atoms with Gasteiger partial charge in [0, 0.05) is 6.54 Å². The van der Waals surface area contributed by atoms with Gasteiger partial charge in [-0.15, -0.1) is 0 Å². The lowest BCUT2D eigenvalue weighted by Crippen LogP contribution is -2.38. The summed E-state index contributed by atoms with van der Waals surface area (Å²) >= 11 is 0. The third-order valence-electron chi connectivity index (χ3n) is 0.800. The summed E-state index contributed by atoms with van der Waals surface area (Å²) < 4.78 is 9.74. The fraction of sp³-hybridized carbons (Fsp3) is 1.00. The van der Waals surface area contributed by atoms with Gasteiger partial charge < -0.3 is 24.9 Å². The summed E-state index contributed by atoms with van der Waals surface area (Å²) in [5, 5.41) is 0. The Balaban J connectivity index is 0. The van der Waals surface area contributed by atoms with E-state index in [1.54, 1.807) is 0 Å². The smallest absolute Gasteiger partial charge is 0.262 e. The van der Waals surface area contributed by atoms with E-state index in [-0.39, 0.29) is 0 Å². The number of likely N-dealkylation sites (N-methyl/N-ethyl adjacent to an activating group) is 1. The highest BCUT2D eigenvalue weighted by atomic mass is 31.2. The lowest BCUT2D eigenvalue weighted by molar-refractivity contribution is -0.868. The molecule has 0 aromatic rings. The SMILES string of the molecule is C[N+](C)(C)CCN.O=P([O-])(O)O. The van der Waals surface area contributed by atoms with Crippen molar-refractivity contribution in [2.24, 2.45) is 5.73 Å². The molecule has 0 rings (SSSR count). The molecule has 0 unspecified atom stereocenters. The molecule has 7 heteroatoms. The van der Waals surface area contributed by atoms with Crippen molar-refractivity contribution in [1.82, 2.24) is 0 Å². The molecule has 0 spiro atoms. The summed E-state index contributed by atoms with van der Waals surface area (Å²) in [5.74, 6) is 0. The molecule has 0 aliphatic carbocycles. The van der Waals surface area contributed by atoms with Gasteiger partial charge >= 0.3 is 0 Å². The monoisotopic (exact) mass is 200 g/mol. The van der Waals surface area contributed by atoms with Gasteiger partial charge in [0.25, 0.3) is 7.82 Å². The third kappa shape index (κ3) is 50.4. The molecule has 6 nitrogen and oxygen atoms in total. The lowest BCUT2D eigenvalue weighted by atomic mass is 10.5. The number of rotatable bonds is 2. The molecule has 4 N–H and O–H groups in total. The van der Waals surface area contributed by atoms with Crippen molar-refractivity contribution < 1.29 is 23.7 Å². The molecule has 0 amide bonds. The van der Waals surface area contributed by atoms with Crippen LogP contribution in [0.2, 0.25) is 0 Å². The van der Waals surface area contributed by atoms with Crippen LogP contribution in [0.25, 0.3) is 0 Å². The van der Waals surface area contributed by atoms with E-state index in [1.165, 1.54) is 0 Å². The Morgan fingerprint density at radius 1 is 1.42 bits per heavy atom. The molecule has 76 valence electrons. The molecular formula is C5H17N2O4P. The maximum Gasteiger partial charge on any atom is 0.262 e. The second kappa shape index (κ2) is 5.64. The van der Waals surface area contributed by atoms with Crippen LogP contribution in [0.15, 0.2) is 0 Å². The molecule has 0 fully saturated rings. The average molecular weight is 200 g/mol. The first-order valence-electron chi connectivity index (χ1n) is 3.33. The van der Waals surface area contributed by atoms with Gasteiger partial charge in [0.15, 0.2) is 0 Å². The highest BCUT2D eigenvalue weighted by Gasteiger charge is 2.01. The molecule has 12 heavy (non-hydrogen) atoms. The number of hydrogen-bond donors (Lipinski definition) is 3. The van der Waals surface area contributed by atoms with E-state index < -0.39 is 7.82 Å². The fourth-order valence-corrected chi connectivity index (χ4v) is 0.387. The summed E-state index contributed by atoms with van der Waals surface area (Å²) in [4.78, 5) is 22.9. The number of quaternary nitrogens is 1. The molecule has 0 saturated carbocycles. The summed E-state index contributed by atoms with van der Waals surface area (Å²) in [5.41, 5.74) is 5.30. The largest absolute Gasteiger partial charge is 0.756 e. The van der Waals surface area contributed by atoms with E-state index >= 15 is 0 Å². The van der Waals surface area contributed by atoms with Gasteiger partial charge in [0.1, 0.15) is 0 Å². The van der Waals surface area contributed by atoms with Crippen LogP contribution in [0, 0.1) is 0 Å². The normalized spacial score (nSPS) is 11.9. The lowest BCUT2D eigenvalue weighted by Gasteiger charge is -2.22. The highest BCUT2D eigenvalue weighted by Crippen LogP contribution is 2.18. The molecule has 0 radical (unpaired) electrons. The van der Waals surface area contributed by atoms with Crippen molar-refractivity contribution in [1.29, 1.82) is 0 Å². The Hall–Kier alpha value is 0.0300. The summed E-state index contributed by atoms with van der Waals surface area (Å²) in [7, 11) is 1.51. The minimum Gasteiger partial charge on any atom is -0.756 e. The second-order valence-electron chi connectivity index (χ2n) is 3.29. The van der Waals surface area contributed by atoms with E-state index in [0.717, 1.165) is 17.6 Å². The number of nitrogens with two attached hydrogens (primary N) is 1. The highest BCUT2D eigenvalue weighted by molar-refractivity contribution is 7.43. The summed E-state index contributed by atoms with van der Waals surface area (Å²) in [6.45, 7) is 1.84. The van der Waals surface area contributed by atoms with Crippen molar-refractivity contribution in [2.45, 2.75) is 0 Å². The number of nitrogens with zero attached hydrogens (tertiary/aromatic N) is 1. The Bertz CT molecular complexity index is 142. The Labute approximate surface area is 72.4 Å². The van der Waals surface area contributed by atoms with Gasteiger partial charge in [-0.3, -0.25) is 4.57 Å². The molecule has 0 aliphatic rings. The molecular weight excluding hydrogens is 183 g/mol. The first kappa shape index (κ1) is 14.5.